The fourth-order valence-corrected chi connectivity index (χ4v) is 3.07. The van der Waals surface area contributed by atoms with E-state index >= 15 is 0 Å². The molecule has 1 N–H and O–H groups in total. The van der Waals surface area contributed by atoms with Crippen molar-refractivity contribution in [2.75, 3.05) is 12.4 Å². The normalized spacial score (nSPS) is 12.6. The second-order valence-corrected chi connectivity index (χ2v) is 6.82. The van der Waals surface area contributed by atoms with Crippen LogP contribution in [0.1, 0.15) is 18.1 Å². The van der Waals surface area contributed by atoms with Crippen LogP contribution in [-0.2, 0) is 17.5 Å². The molecule has 0 saturated heterocycles. The molecule has 0 heterocycles. The number of carbonyl (C=O) groups excluding carboxylic acids is 1. The predicted molar refractivity (Wildman–Crippen MR) is 105 cm³/mol. The van der Waals surface area contributed by atoms with Gasteiger partial charge in [0.2, 0.25) is 5.91 Å². The molecule has 0 spiro atoms. The van der Waals surface area contributed by atoms with Crippen molar-refractivity contribution in [1.82, 2.24) is 4.90 Å². The van der Waals surface area contributed by atoms with Crippen molar-refractivity contribution in [3.63, 3.8) is 0 Å². The van der Waals surface area contributed by atoms with Crippen LogP contribution in [0, 0.1) is 0 Å². The van der Waals surface area contributed by atoms with Crippen LogP contribution in [0.15, 0.2) is 66.7 Å². The molecule has 0 fully saturated rings. The molecule has 3 aromatic rings. The summed E-state index contributed by atoms with van der Waals surface area (Å²) in [6.07, 6.45) is -4.36. The van der Waals surface area contributed by atoms with E-state index < -0.39 is 17.8 Å². The summed E-state index contributed by atoms with van der Waals surface area (Å²) in [5, 5.41) is 5.38. The summed E-state index contributed by atoms with van der Waals surface area (Å²) in [5.74, 6) is -0.145. The van der Waals surface area contributed by atoms with Gasteiger partial charge in [-0.15, -0.1) is 0 Å². The van der Waals surface area contributed by atoms with E-state index in [1.165, 1.54) is 17.0 Å². The molecule has 3 nitrogen and oxygen atoms in total. The molecule has 146 valence electrons. The zero-order valence-corrected chi connectivity index (χ0v) is 15.6. The molecule has 0 radical (unpaired) electrons. The number of hydrogen-bond donors (Lipinski definition) is 1. The molecular formula is C22H21F3N2O. The monoisotopic (exact) mass is 386 g/mol. The van der Waals surface area contributed by atoms with Gasteiger partial charge < -0.3 is 10.2 Å². The lowest BCUT2D eigenvalue weighted by molar-refractivity contribution is -0.137. The van der Waals surface area contributed by atoms with Crippen LogP contribution >= 0.6 is 0 Å². The minimum Gasteiger partial charge on any atom is -0.374 e. The van der Waals surface area contributed by atoms with Gasteiger partial charge in [0.1, 0.15) is 6.04 Å². The summed E-state index contributed by atoms with van der Waals surface area (Å²) in [5.41, 5.74) is 0.779. The standard InChI is InChI=1S/C22H21F3N2O/c1-15(26-20-12-9-17-5-3-4-6-18(17)13-20)21(28)27(2)14-16-7-10-19(11-8-16)22(23,24)25/h3-13,15,26H,14H2,1-2H3/t15-/m0/s1. The summed E-state index contributed by atoms with van der Waals surface area (Å²) in [6, 6.07) is 18.2. The first-order valence-electron chi connectivity index (χ1n) is 8.90. The fourth-order valence-electron chi connectivity index (χ4n) is 3.07. The molecule has 28 heavy (non-hydrogen) atoms. The number of alkyl halides is 3. The Kier molecular flexibility index (Phi) is 5.58. The van der Waals surface area contributed by atoms with Crippen molar-refractivity contribution in [3.05, 3.63) is 77.9 Å². The van der Waals surface area contributed by atoms with Gasteiger partial charge in [-0.2, -0.15) is 13.2 Å². The SMILES string of the molecule is C[C@H](Nc1ccc2ccccc2c1)C(=O)N(C)Cc1ccc(C(F)(F)F)cc1. The number of carbonyl (C=O) groups is 1. The number of halogens is 3. The van der Waals surface area contributed by atoms with Gasteiger partial charge in [0.25, 0.3) is 0 Å². The lowest BCUT2D eigenvalue weighted by Gasteiger charge is -2.23. The molecule has 0 unspecified atom stereocenters. The van der Waals surface area contributed by atoms with Crippen LogP contribution in [0.2, 0.25) is 0 Å². The Morgan fingerprint density at radius 3 is 2.29 bits per heavy atom. The molecule has 1 atom stereocenters. The lowest BCUT2D eigenvalue weighted by atomic mass is 10.1. The molecule has 0 bridgehead atoms. The third-order valence-electron chi connectivity index (χ3n) is 4.58. The zero-order valence-electron chi connectivity index (χ0n) is 15.6. The Labute approximate surface area is 161 Å². The van der Waals surface area contributed by atoms with Crippen LogP contribution in [0.3, 0.4) is 0 Å². The van der Waals surface area contributed by atoms with Crippen molar-refractivity contribution < 1.29 is 18.0 Å². The number of amides is 1. The molecular weight excluding hydrogens is 365 g/mol. The van der Waals surface area contributed by atoms with Gasteiger partial charge in [-0.1, -0.05) is 42.5 Å². The highest BCUT2D eigenvalue weighted by molar-refractivity contribution is 5.88. The Morgan fingerprint density at radius 2 is 1.64 bits per heavy atom. The van der Waals surface area contributed by atoms with Gasteiger partial charge in [-0.3, -0.25) is 4.79 Å². The lowest BCUT2D eigenvalue weighted by Crippen LogP contribution is -2.38. The number of rotatable bonds is 5. The van der Waals surface area contributed by atoms with Crippen molar-refractivity contribution in [3.8, 4) is 0 Å². The Morgan fingerprint density at radius 1 is 1.00 bits per heavy atom. The largest absolute Gasteiger partial charge is 0.416 e. The third-order valence-corrected chi connectivity index (χ3v) is 4.58. The van der Waals surface area contributed by atoms with Crippen LogP contribution in [-0.4, -0.2) is 23.9 Å². The fraction of sp³-hybridized carbons (Fsp3) is 0.227. The summed E-state index contributed by atoms with van der Waals surface area (Å²) >= 11 is 0. The average Bonchev–Trinajstić information content (AvgIpc) is 2.67. The summed E-state index contributed by atoms with van der Waals surface area (Å²) in [6.45, 7) is 2.00. The minimum absolute atomic E-state index is 0.145. The van der Waals surface area contributed by atoms with Crippen molar-refractivity contribution >= 4 is 22.4 Å². The van der Waals surface area contributed by atoms with E-state index in [0.29, 0.717) is 5.56 Å². The molecule has 0 aliphatic rings. The van der Waals surface area contributed by atoms with Crippen LogP contribution in [0.4, 0.5) is 18.9 Å². The van der Waals surface area contributed by atoms with E-state index in [1.54, 1.807) is 14.0 Å². The first-order valence-corrected chi connectivity index (χ1v) is 8.90. The highest BCUT2D eigenvalue weighted by atomic mass is 19.4. The summed E-state index contributed by atoms with van der Waals surface area (Å²) < 4.78 is 37.9. The maximum atomic E-state index is 12.6. The number of likely N-dealkylation sites (N-methyl/N-ethyl adjacent to an activating group) is 1. The van der Waals surface area contributed by atoms with Crippen molar-refractivity contribution in [1.29, 1.82) is 0 Å². The molecule has 6 heteroatoms. The van der Waals surface area contributed by atoms with Gasteiger partial charge in [-0.05, 0) is 47.5 Å². The van der Waals surface area contributed by atoms with E-state index in [2.05, 4.69) is 5.32 Å². The zero-order chi connectivity index (χ0) is 20.3. The first-order chi connectivity index (χ1) is 13.2. The van der Waals surface area contributed by atoms with E-state index in [0.717, 1.165) is 28.6 Å². The highest BCUT2D eigenvalue weighted by Crippen LogP contribution is 2.29. The number of hydrogen-bond acceptors (Lipinski definition) is 2. The number of nitrogens with one attached hydrogen (secondary N) is 1. The highest BCUT2D eigenvalue weighted by Gasteiger charge is 2.30. The van der Waals surface area contributed by atoms with Gasteiger partial charge in [-0.25, -0.2) is 0 Å². The Balaban J connectivity index is 1.63. The number of benzene rings is 3. The topological polar surface area (TPSA) is 32.3 Å². The second-order valence-electron chi connectivity index (χ2n) is 6.82. The van der Waals surface area contributed by atoms with Gasteiger partial charge in [0.05, 0.1) is 5.56 Å². The molecule has 0 aromatic heterocycles. The van der Waals surface area contributed by atoms with Crippen molar-refractivity contribution in [2.24, 2.45) is 0 Å². The van der Waals surface area contributed by atoms with Crippen molar-refractivity contribution in [2.45, 2.75) is 25.7 Å². The van der Waals surface area contributed by atoms with Crippen LogP contribution < -0.4 is 5.32 Å². The Bertz CT molecular complexity index is 967. The molecule has 0 aliphatic carbocycles. The van der Waals surface area contributed by atoms with E-state index in [1.807, 2.05) is 42.5 Å². The average molecular weight is 386 g/mol. The predicted octanol–water partition coefficient (Wildman–Crippen LogP) is 5.32. The molecule has 3 rings (SSSR count). The Hall–Kier alpha value is -3.02. The molecule has 0 aliphatic heterocycles. The minimum atomic E-state index is -4.36. The second kappa shape index (κ2) is 7.92. The van der Waals surface area contributed by atoms with E-state index in [9.17, 15) is 18.0 Å². The van der Waals surface area contributed by atoms with E-state index in [-0.39, 0.29) is 12.5 Å². The van der Waals surface area contributed by atoms with E-state index in [4.69, 9.17) is 0 Å². The maximum absolute atomic E-state index is 12.6. The number of nitrogens with zero attached hydrogens (tertiary/aromatic N) is 1. The van der Waals surface area contributed by atoms with Gasteiger partial charge >= 0.3 is 6.18 Å². The maximum Gasteiger partial charge on any atom is 0.416 e. The van der Waals surface area contributed by atoms with Crippen LogP contribution in [0.25, 0.3) is 10.8 Å². The number of anilines is 1. The third kappa shape index (κ3) is 4.63. The smallest absolute Gasteiger partial charge is 0.374 e. The molecule has 0 saturated carbocycles. The van der Waals surface area contributed by atoms with Gasteiger partial charge in [0, 0.05) is 19.3 Å². The first kappa shape index (κ1) is 19.7. The summed E-state index contributed by atoms with van der Waals surface area (Å²) in [4.78, 5) is 14.1. The summed E-state index contributed by atoms with van der Waals surface area (Å²) in [7, 11) is 1.64. The number of fused-ring (bicyclic) bond motifs is 1. The molecule has 3 aromatic carbocycles. The van der Waals surface area contributed by atoms with Crippen LogP contribution in [0.5, 0.6) is 0 Å². The molecule has 1 amide bonds. The quantitative estimate of drug-likeness (QED) is 0.644. The van der Waals surface area contributed by atoms with Gasteiger partial charge in [0.15, 0.2) is 0 Å².